The van der Waals surface area contributed by atoms with E-state index < -0.39 is 0 Å². The number of aromatic nitrogens is 3. The molecule has 0 fully saturated rings. The van der Waals surface area contributed by atoms with Gasteiger partial charge < -0.3 is 4.57 Å². The Bertz CT molecular complexity index is 762. The Balaban J connectivity index is 2.14. The smallest absolute Gasteiger partial charge is 0.125 e. The Kier molecular flexibility index (Phi) is 3.45. The molecule has 0 aliphatic rings. The van der Waals surface area contributed by atoms with E-state index in [1.165, 1.54) is 11.1 Å². The lowest BCUT2D eigenvalue weighted by atomic mass is 10.2. The minimum absolute atomic E-state index is 0.402. The molecular weight excluding hydrogens is 270 g/mol. The first kappa shape index (κ1) is 13.1. The maximum atomic E-state index is 6.05. The van der Waals surface area contributed by atoms with Crippen LogP contribution in [0.3, 0.4) is 0 Å². The van der Waals surface area contributed by atoms with Crippen LogP contribution in [0.1, 0.15) is 22.6 Å². The number of hydrogen-bond donors (Lipinski definition) is 0. The van der Waals surface area contributed by atoms with Gasteiger partial charge in [0.25, 0.3) is 0 Å². The molecule has 3 aromatic rings. The largest absolute Gasteiger partial charge is 0.321 e. The fourth-order valence-electron chi connectivity index (χ4n) is 2.39. The molecule has 2 aromatic heterocycles. The Labute approximate surface area is 123 Å². The fraction of sp³-hybridized carbons (Fsp3) is 0.250. The first-order valence-electron chi connectivity index (χ1n) is 6.61. The van der Waals surface area contributed by atoms with Crippen molar-refractivity contribution in [1.82, 2.24) is 14.5 Å². The number of benzene rings is 1. The molecule has 102 valence electrons. The summed E-state index contributed by atoms with van der Waals surface area (Å²) >= 11 is 6.05. The number of pyridine rings is 1. The summed E-state index contributed by atoms with van der Waals surface area (Å²) in [6.45, 7) is 4.87. The lowest BCUT2D eigenvalue weighted by molar-refractivity contribution is 0.752. The van der Waals surface area contributed by atoms with Crippen molar-refractivity contribution in [2.24, 2.45) is 0 Å². The summed E-state index contributed by atoms with van der Waals surface area (Å²) in [5, 5.41) is 0. The van der Waals surface area contributed by atoms with Crippen LogP contribution in [-0.2, 0) is 12.4 Å². The number of alkyl halides is 1. The second-order valence-electron chi connectivity index (χ2n) is 5.01. The molecule has 0 saturated carbocycles. The quantitative estimate of drug-likeness (QED) is 0.685. The monoisotopic (exact) mass is 285 g/mol. The topological polar surface area (TPSA) is 30.7 Å². The minimum atomic E-state index is 0.402. The number of aryl methyl sites for hydroxylation is 2. The molecular formula is C16H16ClN3. The average Bonchev–Trinajstić information content (AvgIpc) is 2.79. The third-order valence-electron chi connectivity index (χ3n) is 3.53. The van der Waals surface area contributed by atoms with E-state index in [9.17, 15) is 0 Å². The van der Waals surface area contributed by atoms with Crippen LogP contribution in [0.15, 0.2) is 36.5 Å². The zero-order valence-corrected chi connectivity index (χ0v) is 12.4. The van der Waals surface area contributed by atoms with E-state index >= 15 is 0 Å². The number of nitrogens with zero attached hydrogens (tertiary/aromatic N) is 3. The minimum Gasteiger partial charge on any atom is -0.321 e. The van der Waals surface area contributed by atoms with Gasteiger partial charge in [0.1, 0.15) is 5.82 Å². The van der Waals surface area contributed by atoms with Crippen LogP contribution in [0, 0.1) is 13.8 Å². The van der Waals surface area contributed by atoms with Crippen LogP contribution in [0.5, 0.6) is 0 Å². The third kappa shape index (κ3) is 2.29. The summed E-state index contributed by atoms with van der Waals surface area (Å²) in [5.74, 6) is 1.29. The van der Waals surface area contributed by atoms with Gasteiger partial charge in [0.15, 0.2) is 0 Å². The molecule has 3 rings (SSSR count). The zero-order chi connectivity index (χ0) is 14.1. The van der Waals surface area contributed by atoms with Crippen LogP contribution in [0.2, 0.25) is 0 Å². The fourth-order valence-corrected chi connectivity index (χ4v) is 2.60. The molecule has 0 bridgehead atoms. The van der Waals surface area contributed by atoms with Gasteiger partial charge in [-0.15, -0.1) is 11.6 Å². The molecule has 0 aliphatic heterocycles. The maximum absolute atomic E-state index is 6.05. The first-order valence-corrected chi connectivity index (χ1v) is 7.14. The van der Waals surface area contributed by atoms with E-state index in [-0.39, 0.29) is 0 Å². The Morgan fingerprint density at radius 1 is 1.20 bits per heavy atom. The molecule has 0 radical (unpaired) electrons. The van der Waals surface area contributed by atoms with E-state index in [0.29, 0.717) is 12.4 Å². The van der Waals surface area contributed by atoms with E-state index in [0.717, 1.165) is 22.6 Å². The van der Waals surface area contributed by atoms with Gasteiger partial charge in [0.2, 0.25) is 0 Å². The van der Waals surface area contributed by atoms with Gasteiger partial charge in [0.05, 0.1) is 29.2 Å². The van der Waals surface area contributed by atoms with Gasteiger partial charge in [-0.25, -0.2) is 4.98 Å². The Morgan fingerprint density at radius 2 is 2.05 bits per heavy atom. The molecule has 20 heavy (non-hydrogen) atoms. The standard InChI is InChI=1S/C16H16ClN3/c1-11-5-6-13-15(8-11)20(16(9-17)19-13)10-14-12(2)4-3-7-18-14/h3-8H,9-10H2,1-2H3. The molecule has 0 N–H and O–H groups in total. The van der Waals surface area contributed by atoms with Gasteiger partial charge in [-0.2, -0.15) is 0 Å². The van der Waals surface area contributed by atoms with E-state index in [1.807, 2.05) is 18.3 Å². The highest BCUT2D eigenvalue weighted by Crippen LogP contribution is 2.21. The molecule has 0 saturated heterocycles. The van der Waals surface area contributed by atoms with E-state index in [2.05, 4.69) is 46.6 Å². The predicted octanol–water partition coefficient (Wildman–Crippen LogP) is 3.84. The molecule has 0 amide bonds. The van der Waals surface area contributed by atoms with Gasteiger partial charge in [-0.3, -0.25) is 4.98 Å². The first-order chi connectivity index (χ1) is 9.69. The molecule has 2 heterocycles. The molecule has 0 unspecified atom stereocenters. The highest BCUT2D eigenvalue weighted by molar-refractivity contribution is 6.16. The SMILES string of the molecule is Cc1ccc2nc(CCl)n(Cc3ncccc3C)c2c1. The molecule has 0 aliphatic carbocycles. The molecule has 1 aromatic carbocycles. The lowest BCUT2D eigenvalue weighted by Crippen LogP contribution is -2.06. The van der Waals surface area contributed by atoms with Crippen LogP contribution >= 0.6 is 11.6 Å². The average molecular weight is 286 g/mol. The van der Waals surface area contributed by atoms with Crippen LogP contribution in [-0.4, -0.2) is 14.5 Å². The highest BCUT2D eigenvalue weighted by atomic mass is 35.5. The van der Waals surface area contributed by atoms with E-state index in [1.54, 1.807) is 0 Å². The maximum Gasteiger partial charge on any atom is 0.125 e. The second-order valence-corrected chi connectivity index (χ2v) is 5.27. The highest BCUT2D eigenvalue weighted by Gasteiger charge is 2.11. The van der Waals surface area contributed by atoms with Crippen molar-refractivity contribution in [2.45, 2.75) is 26.3 Å². The zero-order valence-electron chi connectivity index (χ0n) is 11.6. The normalized spacial score (nSPS) is 11.2. The van der Waals surface area contributed by atoms with Crippen molar-refractivity contribution >= 4 is 22.6 Å². The van der Waals surface area contributed by atoms with Crippen molar-refractivity contribution in [2.75, 3.05) is 0 Å². The number of halogens is 1. The van der Waals surface area contributed by atoms with Crippen molar-refractivity contribution in [1.29, 1.82) is 0 Å². The van der Waals surface area contributed by atoms with Crippen molar-refractivity contribution in [3.63, 3.8) is 0 Å². The predicted molar refractivity (Wildman–Crippen MR) is 82.1 cm³/mol. The van der Waals surface area contributed by atoms with Gasteiger partial charge in [0, 0.05) is 6.20 Å². The number of hydrogen-bond acceptors (Lipinski definition) is 2. The number of imidazole rings is 1. The summed E-state index contributed by atoms with van der Waals surface area (Å²) in [6, 6.07) is 10.3. The van der Waals surface area contributed by atoms with E-state index in [4.69, 9.17) is 11.6 Å². The van der Waals surface area contributed by atoms with Gasteiger partial charge >= 0.3 is 0 Å². The summed E-state index contributed by atoms with van der Waals surface area (Å²) in [5.41, 5.74) is 5.56. The van der Waals surface area contributed by atoms with Crippen LogP contribution in [0.4, 0.5) is 0 Å². The van der Waals surface area contributed by atoms with Crippen LogP contribution < -0.4 is 0 Å². The lowest BCUT2D eigenvalue weighted by Gasteiger charge is -2.09. The summed E-state index contributed by atoms with van der Waals surface area (Å²) < 4.78 is 2.16. The molecule has 0 spiro atoms. The summed E-state index contributed by atoms with van der Waals surface area (Å²) in [6.07, 6.45) is 1.83. The van der Waals surface area contributed by atoms with Crippen molar-refractivity contribution in [3.05, 3.63) is 59.2 Å². The Hall–Kier alpha value is -1.87. The summed E-state index contributed by atoms with van der Waals surface area (Å²) in [7, 11) is 0. The second kappa shape index (κ2) is 5.25. The van der Waals surface area contributed by atoms with Crippen LogP contribution in [0.25, 0.3) is 11.0 Å². The number of rotatable bonds is 3. The molecule has 3 nitrogen and oxygen atoms in total. The van der Waals surface area contributed by atoms with Crippen molar-refractivity contribution in [3.8, 4) is 0 Å². The third-order valence-corrected chi connectivity index (χ3v) is 3.77. The number of fused-ring (bicyclic) bond motifs is 1. The van der Waals surface area contributed by atoms with Gasteiger partial charge in [-0.1, -0.05) is 12.1 Å². The molecule has 0 atom stereocenters. The Morgan fingerprint density at radius 3 is 2.80 bits per heavy atom. The summed E-state index contributed by atoms with van der Waals surface area (Å²) in [4.78, 5) is 9.07. The van der Waals surface area contributed by atoms with Gasteiger partial charge in [-0.05, 0) is 43.2 Å². The van der Waals surface area contributed by atoms with Crippen molar-refractivity contribution < 1.29 is 0 Å². The molecule has 4 heteroatoms.